The van der Waals surface area contributed by atoms with Crippen LogP contribution in [0.15, 0.2) is 12.1 Å². The first-order chi connectivity index (χ1) is 12.5. The molecule has 0 aliphatic carbocycles. The molecule has 6 nitrogen and oxygen atoms in total. The van der Waals surface area contributed by atoms with E-state index in [0.717, 1.165) is 58.5 Å². The molecule has 0 aromatic carbocycles. The second kappa shape index (κ2) is 6.96. The van der Waals surface area contributed by atoms with E-state index in [2.05, 4.69) is 9.97 Å². The van der Waals surface area contributed by atoms with Crippen LogP contribution in [-0.2, 0) is 17.7 Å². The summed E-state index contributed by atoms with van der Waals surface area (Å²) in [5.74, 6) is 1.81. The molecule has 2 aromatic rings. The Morgan fingerprint density at radius 1 is 1.35 bits per heavy atom. The standard InChI is InChI=1S/C19H24N4O2S/c1-12-20-14-11-23(9-8-13(14)18(21-12)22(2)3)19(24)17-7-6-16(26-17)15-5-4-10-25-15/h6-7,15H,4-5,8-11H2,1-3H3. The number of aromatic nitrogens is 2. The molecular weight excluding hydrogens is 348 g/mol. The lowest BCUT2D eigenvalue weighted by Crippen LogP contribution is -2.37. The fraction of sp³-hybridized carbons (Fsp3) is 0.526. The van der Waals surface area contributed by atoms with Gasteiger partial charge in [-0.05, 0) is 38.3 Å². The van der Waals surface area contributed by atoms with Crippen LogP contribution < -0.4 is 4.90 Å². The maximum absolute atomic E-state index is 13.0. The van der Waals surface area contributed by atoms with Crippen molar-refractivity contribution in [3.05, 3.63) is 39.0 Å². The number of rotatable bonds is 3. The van der Waals surface area contributed by atoms with E-state index >= 15 is 0 Å². The molecule has 1 atom stereocenters. The molecule has 138 valence electrons. The summed E-state index contributed by atoms with van der Waals surface area (Å²) < 4.78 is 5.74. The fourth-order valence-corrected chi connectivity index (χ4v) is 4.73. The van der Waals surface area contributed by atoms with Crippen LogP contribution in [0, 0.1) is 6.92 Å². The molecular formula is C19H24N4O2S. The lowest BCUT2D eigenvalue weighted by molar-refractivity contribution is 0.0736. The van der Waals surface area contributed by atoms with Crippen LogP contribution >= 0.6 is 11.3 Å². The highest BCUT2D eigenvalue weighted by atomic mass is 32.1. The Labute approximate surface area is 157 Å². The Balaban J connectivity index is 1.54. The monoisotopic (exact) mass is 372 g/mol. The highest BCUT2D eigenvalue weighted by molar-refractivity contribution is 7.14. The number of carbonyl (C=O) groups is 1. The zero-order chi connectivity index (χ0) is 18.3. The van der Waals surface area contributed by atoms with E-state index < -0.39 is 0 Å². The molecule has 1 unspecified atom stereocenters. The normalized spacial score (nSPS) is 19.5. The van der Waals surface area contributed by atoms with Gasteiger partial charge in [-0.25, -0.2) is 9.97 Å². The van der Waals surface area contributed by atoms with E-state index in [1.54, 1.807) is 11.3 Å². The lowest BCUT2D eigenvalue weighted by Gasteiger charge is -2.30. The number of hydrogen-bond acceptors (Lipinski definition) is 6. The number of thiophene rings is 1. The Bertz CT molecular complexity index is 827. The quantitative estimate of drug-likeness (QED) is 0.829. The molecule has 4 rings (SSSR count). The van der Waals surface area contributed by atoms with Crippen molar-refractivity contribution in [2.75, 3.05) is 32.1 Å². The van der Waals surface area contributed by atoms with Gasteiger partial charge in [0.2, 0.25) is 0 Å². The lowest BCUT2D eigenvalue weighted by atomic mass is 10.0. The Morgan fingerprint density at radius 2 is 2.19 bits per heavy atom. The second-order valence-corrected chi connectivity index (χ2v) is 8.21. The van der Waals surface area contributed by atoms with Crippen LogP contribution in [0.4, 0.5) is 5.82 Å². The summed E-state index contributed by atoms with van der Waals surface area (Å²) in [7, 11) is 4.00. The number of amides is 1. The average Bonchev–Trinajstić information content (AvgIpc) is 3.30. The number of anilines is 1. The van der Waals surface area contributed by atoms with Gasteiger partial charge in [-0.3, -0.25) is 4.79 Å². The van der Waals surface area contributed by atoms with Crippen LogP contribution in [0.2, 0.25) is 0 Å². The fourth-order valence-electron chi connectivity index (χ4n) is 3.67. The molecule has 0 N–H and O–H groups in total. The van der Waals surface area contributed by atoms with Gasteiger partial charge in [-0.1, -0.05) is 0 Å². The van der Waals surface area contributed by atoms with Crippen molar-refractivity contribution in [2.45, 2.75) is 38.8 Å². The van der Waals surface area contributed by atoms with E-state index in [4.69, 9.17) is 4.74 Å². The topological polar surface area (TPSA) is 58.6 Å². The van der Waals surface area contributed by atoms with Crippen molar-refractivity contribution >= 4 is 23.1 Å². The maximum Gasteiger partial charge on any atom is 0.264 e. The van der Waals surface area contributed by atoms with Crippen LogP contribution in [0.25, 0.3) is 0 Å². The predicted octanol–water partition coefficient (Wildman–Crippen LogP) is 2.96. The van der Waals surface area contributed by atoms with Crippen molar-refractivity contribution in [3.8, 4) is 0 Å². The summed E-state index contributed by atoms with van der Waals surface area (Å²) in [5, 5.41) is 0. The van der Waals surface area contributed by atoms with Crippen LogP contribution in [0.1, 0.15) is 50.6 Å². The summed E-state index contributed by atoms with van der Waals surface area (Å²) in [5.41, 5.74) is 2.13. The van der Waals surface area contributed by atoms with E-state index in [9.17, 15) is 4.79 Å². The van der Waals surface area contributed by atoms with Gasteiger partial charge < -0.3 is 14.5 Å². The summed E-state index contributed by atoms with van der Waals surface area (Å²) in [6.07, 6.45) is 3.11. The van der Waals surface area contributed by atoms with Gasteiger partial charge in [0.1, 0.15) is 11.6 Å². The average molecular weight is 372 g/mol. The Kier molecular flexibility index (Phi) is 4.67. The van der Waals surface area contributed by atoms with Crippen molar-refractivity contribution in [1.82, 2.24) is 14.9 Å². The third kappa shape index (κ3) is 3.21. The van der Waals surface area contributed by atoms with Crippen molar-refractivity contribution < 1.29 is 9.53 Å². The number of fused-ring (bicyclic) bond motifs is 1. The summed E-state index contributed by atoms with van der Waals surface area (Å²) in [6.45, 7) is 3.97. The number of nitrogens with zero attached hydrogens (tertiary/aromatic N) is 4. The predicted molar refractivity (Wildman–Crippen MR) is 102 cm³/mol. The number of carbonyl (C=O) groups excluding carboxylic acids is 1. The minimum atomic E-state index is 0.0903. The van der Waals surface area contributed by atoms with E-state index in [1.807, 2.05) is 43.0 Å². The molecule has 1 amide bonds. The van der Waals surface area contributed by atoms with Crippen molar-refractivity contribution in [1.29, 1.82) is 0 Å². The van der Waals surface area contributed by atoms with Gasteiger partial charge in [-0.15, -0.1) is 11.3 Å². The molecule has 0 radical (unpaired) electrons. The van der Waals surface area contributed by atoms with Crippen molar-refractivity contribution in [2.24, 2.45) is 0 Å². The Hall–Kier alpha value is -1.99. The summed E-state index contributed by atoms with van der Waals surface area (Å²) >= 11 is 1.57. The molecule has 2 aliphatic rings. The van der Waals surface area contributed by atoms with Gasteiger partial charge in [0.15, 0.2) is 0 Å². The highest BCUT2D eigenvalue weighted by Gasteiger charge is 2.28. The van der Waals surface area contributed by atoms with Gasteiger partial charge in [0.05, 0.1) is 23.2 Å². The molecule has 4 heterocycles. The van der Waals surface area contributed by atoms with Gasteiger partial charge in [-0.2, -0.15) is 0 Å². The van der Waals surface area contributed by atoms with Gasteiger partial charge in [0, 0.05) is 37.7 Å². The molecule has 2 aliphatic heterocycles. The summed E-state index contributed by atoms with van der Waals surface area (Å²) in [4.78, 5) is 28.0. The second-order valence-electron chi connectivity index (χ2n) is 7.09. The van der Waals surface area contributed by atoms with Crippen molar-refractivity contribution in [3.63, 3.8) is 0 Å². The first kappa shape index (κ1) is 17.4. The minimum absolute atomic E-state index is 0.0903. The van der Waals surface area contributed by atoms with E-state index in [0.29, 0.717) is 13.1 Å². The molecule has 26 heavy (non-hydrogen) atoms. The molecule has 1 fully saturated rings. The maximum atomic E-state index is 13.0. The summed E-state index contributed by atoms with van der Waals surface area (Å²) in [6, 6.07) is 3.98. The molecule has 1 saturated heterocycles. The number of aryl methyl sites for hydroxylation is 1. The highest BCUT2D eigenvalue weighted by Crippen LogP contribution is 2.34. The third-order valence-electron chi connectivity index (χ3n) is 4.95. The van der Waals surface area contributed by atoms with Gasteiger partial charge in [0.25, 0.3) is 5.91 Å². The Morgan fingerprint density at radius 3 is 2.92 bits per heavy atom. The molecule has 7 heteroatoms. The molecule has 0 spiro atoms. The van der Waals surface area contributed by atoms with Crippen LogP contribution in [0.3, 0.4) is 0 Å². The smallest absolute Gasteiger partial charge is 0.264 e. The first-order valence-corrected chi connectivity index (χ1v) is 9.89. The first-order valence-electron chi connectivity index (χ1n) is 9.07. The zero-order valence-electron chi connectivity index (χ0n) is 15.5. The largest absolute Gasteiger partial charge is 0.373 e. The molecule has 2 aromatic heterocycles. The van der Waals surface area contributed by atoms with E-state index in [-0.39, 0.29) is 12.0 Å². The minimum Gasteiger partial charge on any atom is -0.373 e. The molecule has 0 saturated carbocycles. The van der Waals surface area contributed by atoms with Crippen LogP contribution in [-0.4, -0.2) is 48.0 Å². The SMILES string of the molecule is Cc1nc2c(c(N(C)C)n1)CCN(C(=O)c1ccc(C3CCCO3)s1)C2. The number of hydrogen-bond donors (Lipinski definition) is 0. The molecule has 0 bridgehead atoms. The van der Waals surface area contributed by atoms with Gasteiger partial charge >= 0.3 is 0 Å². The zero-order valence-corrected chi connectivity index (χ0v) is 16.3. The van der Waals surface area contributed by atoms with E-state index in [1.165, 1.54) is 0 Å². The number of ether oxygens (including phenoxy) is 1. The van der Waals surface area contributed by atoms with Crippen LogP contribution in [0.5, 0.6) is 0 Å². The third-order valence-corrected chi connectivity index (χ3v) is 6.12.